The van der Waals surface area contributed by atoms with E-state index in [1.807, 2.05) is 31.2 Å². The SMILES string of the molecule is Cc1ccc(-c2noc(CN(C)C(=O)c3ccc(C)c(N(C)S(C)(=O)=O)c3)n2)cc1. The number of sulfonamides is 1. The van der Waals surface area contributed by atoms with Crippen molar-refractivity contribution in [3.63, 3.8) is 0 Å². The zero-order chi connectivity index (χ0) is 22.1. The predicted octanol–water partition coefficient (Wildman–Crippen LogP) is 3.02. The molecule has 9 heteroatoms. The molecule has 0 fully saturated rings. The van der Waals surface area contributed by atoms with E-state index in [1.54, 1.807) is 32.2 Å². The second-order valence-electron chi connectivity index (χ2n) is 7.27. The lowest BCUT2D eigenvalue weighted by atomic mass is 10.1. The van der Waals surface area contributed by atoms with Crippen LogP contribution in [0, 0.1) is 13.8 Å². The predicted molar refractivity (Wildman–Crippen MR) is 115 cm³/mol. The summed E-state index contributed by atoms with van der Waals surface area (Å²) >= 11 is 0. The van der Waals surface area contributed by atoms with Gasteiger partial charge in [0.25, 0.3) is 5.91 Å². The van der Waals surface area contributed by atoms with Crippen LogP contribution < -0.4 is 4.31 Å². The fraction of sp³-hybridized carbons (Fsp3) is 0.286. The summed E-state index contributed by atoms with van der Waals surface area (Å²) in [5.41, 5.74) is 3.54. The van der Waals surface area contributed by atoms with E-state index < -0.39 is 10.0 Å². The first-order chi connectivity index (χ1) is 14.1. The lowest BCUT2D eigenvalue weighted by molar-refractivity contribution is 0.0769. The summed E-state index contributed by atoms with van der Waals surface area (Å²) < 4.78 is 30.2. The van der Waals surface area contributed by atoms with Gasteiger partial charge in [-0.3, -0.25) is 9.10 Å². The highest BCUT2D eigenvalue weighted by molar-refractivity contribution is 7.92. The zero-order valence-electron chi connectivity index (χ0n) is 17.6. The van der Waals surface area contributed by atoms with Gasteiger partial charge < -0.3 is 9.42 Å². The highest BCUT2D eigenvalue weighted by atomic mass is 32.2. The molecule has 0 spiro atoms. The molecule has 0 bridgehead atoms. The van der Waals surface area contributed by atoms with Crippen molar-refractivity contribution in [3.05, 3.63) is 65.0 Å². The Morgan fingerprint density at radius 2 is 1.73 bits per heavy atom. The van der Waals surface area contributed by atoms with Gasteiger partial charge in [0.05, 0.1) is 18.5 Å². The van der Waals surface area contributed by atoms with E-state index >= 15 is 0 Å². The Balaban J connectivity index is 1.77. The van der Waals surface area contributed by atoms with Crippen LogP contribution >= 0.6 is 0 Å². The molecule has 1 amide bonds. The minimum absolute atomic E-state index is 0.128. The summed E-state index contributed by atoms with van der Waals surface area (Å²) in [4.78, 5) is 18.7. The van der Waals surface area contributed by atoms with Crippen molar-refractivity contribution in [2.45, 2.75) is 20.4 Å². The molecular weight excluding hydrogens is 404 g/mol. The van der Waals surface area contributed by atoms with Crippen LogP contribution in [0.15, 0.2) is 47.0 Å². The molecule has 0 radical (unpaired) electrons. The molecule has 0 saturated carbocycles. The van der Waals surface area contributed by atoms with Gasteiger partial charge in [-0.25, -0.2) is 8.42 Å². The van der Waals surface area contributed by atoms with Crippen LogP contribution in [0.25, 0.3) is 11.4 Å². The Morgan fingerprint density at radius 1 is 1.07 bits per heavy atom. The second kappa shape index (κ2) is 8.27. The average Bonchev–Trinajstić information content (AvgIpc) is 3.15. The maximum absolute atomic E-state index is 12.9. The largest absolute Gasteiger partial charge is 0.337 e. The number of hydrogen-bond acceptors (Lipinski definition) is 6. The Kier molecular flexibility index (Phi) is 5.93. The first-order valence-electron chi connectivity index (χ1n) is 9.26. The maximum Gasteiger partial charge on any atom is 0.254 e. The van der Waals surface area contributed by atoms with Crippen molar-refractivity contribution in [2.75, 3.05) is 24.7 Å². The van der Waals surface area contributed by atoms with Gasteiger partial charge in [-0.2, -0.15) is 4.98 Å². The van der Waals surface area contributed by atoms with Crippen molar-refractivity contribution in [1.82, 2.24) is 15.0 Å². The molecule has 0 aliphatic heterocycles. The van der Waals surface area contributed by atoms with Crippen molar-refractivity contribution in [3.8, 4) is 11.4 Å². The van der Waals surface area contributed by atoms with Gasteiger partial charge in [0.15, 0.2) is 0 Å². The monoisotopic (exact) mass is 428 g/mol. The van der Waals surface area contributed by atoms with Crippen LogP contribution in [0.2, 0.25) is 0 Å². The Hall–Kier alpha value is -3.20. The summed E-state index contributed by atoms with van der Waals surface area (Å²) in [7, 11) is -0.359. The number of aromatic nitrogens is 2. The Bertz CT molecular complexity index is 1170. The molecule has 8 nitrogen and oxygen atoms in total. The molecule has 2 aromatic carbocycles. The molecule has 158 valence electrons. The van der Waals surface area contributed by atoms with E-state index in [2.05, 4.69) is 10.1 Å². The number of nitrogens with zero attached hydrogens (tertiary/aromatic N) is 4. The van der Waals surface area contributed by atoms with E-state index in [4.69, 9.17) is 4.52 Å². The van der Waals surface area contributed by atoms with Gasteiger partial charge in [0.1, 0.15) is 0 Å². The average molecular weight is 429 g/mol. The normalized spacial score (nSPS) is 11.4. The van der Waals surface area contributed by atoms with Crippen LogP contribution in [0.5, 0.6) is 0 Å². The number of amides is 1. The third kappa shape index (κ3) is 4.68. The van der Waals surface area contributed by atoms with E-state index in [-0.39, 0.29) is 12.5 Å². The Labute approximate surface area is 176 Å². The molecule has 30 heavy (non-hydrogen) atoms. The third-order valence-corrected chi connectivity index (χ3v) is 5.98. The summed E-state index contributed by atoms with van der Waals surface area (Å²) in [6.07, 6.45) is 1.12. The van der Waals surface area contributed by atoms with E-state index in [0.29, 0.717) is 23.0 Å². The fourth-order valence-corrected chi connectivity index (χ4v) is 3.45. The van der Waals surface area contributed by atoms with Crippen molar-refractivity contribution in [1.29, 1.82) is 0 Å². The van der Waals surface area contributed by atoms with Gasteiger partial charge in [0.2, 0.25) is 21.7 Å². The lowest BCUT2D eigenvalue weighted by Crippen LogP contribution is -2.28. The van der Waals surface area contributed by atoms with Crippen LogP contribution in [-0.4, -0.2) is 49.7 Å². The number of benzene rings is 2. The smallest absolute Gasteiger partial charge is 0.254 e. The Morgan fingerprint density at radius 3 is 2.37 bits per heavy atom. The van der Waals surface area contributed by atoms with E-state index in [1.165, 1.54) is 11.9 Å². The topological polar surface area (TPSA) is 96.6 Å². The number of hydrogen-bond donors (Lipinski definition) is 0. The van der Waals surface area contributed by atoms with E-state index in [0.717, 1.165) is 27.3 Å². The minimum atomic E-state index is -3.44. The van der Waals surface area contributed by atoms with Gasteiger partial charge in [-0.05, 0) is 31.5 Å². The number of aryl methyl sites for hydroxylation is 2. The first-order valence-corrected chi connectivity index (χ1v) is 11.1. The third-order valence-electron chi connectivity index (χ3n) is 4.79. The highest BCUT2D eigenvalue weighted by Crippen LogP contribution is 2.24. The number of carbonyl (C=O) groups is 1. The maximum atomic E-state index is 12.9. The molecular formula is C21H24N4O4S. The molecule has 0 aliphatic carbocycles. The van der Waals surface area contributed by atoms with Gasteiger partial charge in [-0.15, -0.1) is 0 Å². The zero-order valence-corrected chi connectivity index (χ0v) is 18.4. The van der Waals surface area contributed by atoms with Gasteiger partial charge in [-0.1, -0.05) is 41.1 Å². The molecule has 0 N–H and O–H groups in total. The summed E-state index contributed by atoms with van der Waals surface area (Å²) in [5.74, 6) is 0.480. The summed E-state index contributed by atoms with van der Waals surface area (Å²) in [5, 5.41) is 3.98. The highest BCUT2D eigenvalue weighted by Gasteiger charge is 2.20. The van der Waals surface area contributed by atoms with Crippen LogP contribution in [0.4, 0.5) is 5.69 Å². The lowest BCUT2D eigenvalue weighted by Gasteiger charge is -2.21. The number of rotatable bonds is 6. The molecule has 1 aromatic heterocycles. The molecule has 3 aromatic rings. The number of anilines is 1. The molecule has 1 heterocycles. The standard InChI is InChI=1S/C21H24N4O4S/c1-14-6-9-16(10-7-14)20-22-19(29-23-20)13-24(3)21(26)17-11-8-15(2)18(12-17)25(4)30(5,27)28/h6-12H,13H2,1-5H3. The molecule has 0 aliphatic rings. The van der Waals surface area contributed by atoms with Crippen LogP contribution in [0.1, 0.15) is 27.4 Å². The quantitative estimate of drug-likeness (QED) is 0.599. The van der Waals surface area contributed by atoms with Crippen LogP contribution in [-0.2, 0) is 16.6 Å². The van der Waals surface area contributed by atoms with E-state index in [9.17, 15) is 13.2 Å². The fourth-order valence-electron chi connectivity index (χ4n) is 2.89. The van der Waals surface area contributed by atoms with Crippen molar-refractivity contribution < 1.29 is 17.7 Å². The van der Waals surface area contributed by atoms with Crippen molar-refractivity contribution in [2.24, 2.45) is 0 Å². The van der Waals surface area contributed by atoms with Gasteiger partial charge in [0, 0.05) is 25.2 Å². The van der Waals surface area contributed by atoms with Crippen molar-refractivity contribution >= 4 is 21.6 Å². The van der Waals surface area contributed by atoms with Gasteiger partial charge >= 0.3 is 0 Å². The second-order valence-corrected chi connectivity index (χ2v) is 9.28. The molecule has 3 rings (SSSR count). The molecule has 0 atom stereocenters. The summed E-state index contributed by atoms with van der Waals surface area (Å²) in [6, 6.07) is 12.7. The minimum Gasteiger partial charge on any atom is -0.337 e. The van der Waals surface area contributed by atoms with Crippen LogP contribution in [0.3, 0.4) is 0 Å². The first kappa shape index (κ1) is 21.5. The molecule has 0 unspecified atom stereocenters. The summed E-state index contributed by atoms with van der Waals surface area (Å²) in [6.45, 7) is 3.92. The molecule has 0 saturated heterocycles. The number of carbonyl (C=O) groups excluding carboxylic acids is 1.